The normalized spacial score (nSPS) is 10.2. The van der Waals surface area contributed by atoms with Crippen LogP contribution in [0.4, 0.5) is 0 Å². The predicted molar refractivity (Wildman–Crippen MR) is 106 cm³/mol. The van der Waals surface area contributed by atoms with E-state index < -0.39 is 0 Å². The lowest BCUT2D eigenvalue weighted by atomic mass is 10.1. The minimum atomic E-state index is -0.231. The number of benzene rings is 2. The van der Waals surface area contributed by atoms with Crippen LogP contribution in [0.5, 0.6) is 28.7 Å². The van der Waals surface area contributed by atoms with E-state index in [1.165, 1.54) is 0 Å². The molecule has 1 amide bonds. The topological polar surface area (TPSA) is 75.3 Å². The summed E-state index contributed by atoms with van der Waals surface area (Å²) in [6.45, 7) is 2.26. The number of hydrogen-bond donors (Lipinski definition) is 1. The molecule has 1 N–H and O–H groups in total. The van der Waals surface area contributed by atoms with Gasteiger partial charge in [0.2, 0.25) is 5.75 Å². The third-order valence-corrected chi connectivity index (χ3v) is 4.14. The first-order valence-corrected chi connectivity index (χ1v) is 8.85. The Kier molecular flexibility index (Phi) is 7.80. The van der Waals surface area contributed by atoms with Gasteiger partial charge in [0.1, 0.15) is 0 Å². The Labute approximate surface area is 165 Å². The van der Waals surface area contributed by atoms with Crippen LogP contribution in [0.25, 0.3) is 0 Å². The summed E-state index contributed by atoms with van der Waals surface area (Å²) in [7, 11) is 6.28. The second-order valence-corrected chi connectivity index (χ2v) is 6.08. The van der Waals surface area contributed by atoms with E-state index in [1.807, 2.05) is 37.3 Å². The smallest absolute Gasteiger partial charge is 0.257 e. The third-order valence-electron chi connectivity index (χ3n) is 4.14. The number of amides is 1. The number of hydrogen-bond acceptors (Lipinski definition) is 6. The summed E-state index contributed by atoms with van der Waals surface area (Å²) < 4.78 is 26.8. The Morgan fingerprint density at radius 2 is 1.46 bits per heavy atom. The van der Waals surface area contributed by atoms with Crippen molar-refractivity contribution in [3.05, 3.63) is 41.5 Å². The summed E-state index contributed by atoms with van der Waals surface area (Å²) in [5.41, 5.74) is 2.00. The summed E-state index contributed by atoms with van der Waals surface area (Å²) in [6.07, 6.45) is 0.656. The quantitative estimate of drug-likeness (QED) is 0.674. The van der Waals surface area contributed by atoms with Gasteiger partial charge < -0.3 is 29.0 Å². The average Bonchev–Trinajstić information content (AvgIpc) is 2.71. The fourth-order valence-electron chi connectivity index (χ4n) is 2.72. The van der Waals surface area contributed by atoms with Crippen LogP contribution < -0.4 is 29.0 Å². The van der Waals surface area contributed by atoms with Crippen molar-refractivity contribution in [2.24, 2.45) is 0 Å². The van der Waals surface area contributed by atoms with Crippen molar-refractivity contribution in [3.8, 4) is 28.7 Å². The van der Waals surface area contributed by atoms with Crippen molar-refractivity contribution in [1.82, 2.24) is 5.32 Å². The molecule has 0 saturated carbocycles. The molecule has 152 valence electrons. The zero-order valence-corrected chi connectivity index (χ0v) is 17.0. The lowest BCUT2D eigenvalue weighted by molar-refractivity contribution is -0.123. The first-order chi connectivity index (χ1) is 13.5. The highest BCUT2D eigenvalue weighted by Crippen LogP contribution is 2.38. The summed E-state index contributed by atoms with van der Waals surface area (Å²) in [4.78, 5) is 12.1. The van der Waals surface area contributed by atoms with E-state index in [0.29, 0.717) is 41.7 Å². The van der Waals surface area contributed by atoms with E-state index in [4.69, 9.17) is 23.7 Å². The van der Waals surface area contributed by atoms with E-state index in [2.05, 4.69) is 5.32 Å². The lowest BCUT2D eigenvalue weighted by Crippen LogP contribution is -2.30. The fourth-order valence-corrected chi connectivity index (χ4v) is 2.72. The zero-order chi connectivity index (χ0) is 20.5. The molecule has 7 heteroatoms. The maximum absolute atomic E-state index is 12.1. The van der Waals surface area contributed by atoms with Crippen molar-refractivity contribution in [3.63, 3.8) is 0 Å². The minimum absolute atomic E-state index is 0.137. The molecule has 0 radical (unpaired) electrons. The van der Waals surface area contributed by atoms with Gasteiger partial charge in [0.15, 0.2) is 29.6 Å². The Morgan fingerprint density at radius 3 is 2.04 bits per heavy atom. The SMILES string of the molecule is COc1ccc(CCNC(=O)COc2c(OC)cc(C)cc2OC)cc1OC. The Balaban J connectivity index is 1.89. The molecule has 2 aromatic rings. The number of rotatable bonds is 10. The Bertz CT molecular complexity index is 780. The van der Waals surface area contributed by atoms with Crippen molar-refractivity contribution >= 4 is 5.91 Å². The van der Waals surface area contributed by atoms with Crippen LogP contribution in [-0.4, -0.2) is 47.5 Å². The van der Waals surface area contributed by atoms with E-state index >= 15 is 0 Å². The minimum Gasteiger partial charge on any atom is -0.493 e. The van der Waals surface area contributed by atoms with E-state index in [1.54, 1.807) is 28.4 Å². The van der Waals surface area contributed by atoms with Gasteiger partial charge in [-0.2, -0.15) is 0 Å². The highest BCUT2D eigenvalue weighted by Gasteiger charge is 2.14. The Hall–Kier alpha value is -3.09. The van der Waals surface area contributed by atoms with Crippen molar-refractivity contribution in [2.45, 2.75) is 13.3 Å². The van der Waals surface area contributed by atoms with Gasteiger partial charge in [-0.15, -0.1) is 0 Å². The molecular weight excluding hydrogens is 362 g/mol. The maximum atomic E-state index is 12.1. The van der Waals surface area contributed by atoms with Gasteiger partial charge in [0.05, 0.1) is 28.4 Å². The standard InChI is InChI=1S/C21H27NO6/c1-14-10-18(26-4)21(19(11-14)27-5)28-13-20(23)22-9-8-15-6-7-16(24-2)17(12-15)25-3/h6-7,10-12H,8-9,13H2,1-5H3,(H,22,23). The third kappa shape index (κ3) is 5.45. The van der Waals surface area contributed by atoms with Crippen LogP contribution in [0.2, 0.25) is 0 Å². The maximum Gasteiger partial charge on any atom is 0.257 e. The molecule has 0 atom stereocenters. The van der Waals surface area contributed by atoms with Crippen LogP contribution in [0.15, 0.2) is 30.3 Å². The highest BCUT2D eigenvalue weighted by molar-refractivity contribution is 5.77. The second-order valence-electron chi connectivity index (χ2n) is 6.08. The second kappa shape index (κ2) is 10.3. The van der Waals surface area contributed by atoms with Crippen molar-refractivity contribution in [2.75, 3.05) is 41.6 Å². The van der Waals surface area contributed by atoms with Gasteiger partial charge in [-0.05, 0) is 48.7 Å². The molecule has 0 heterocycles. The molecule has 0 aliphatic rings. The molecule has 0 unspecified atom stereocenters. The van der Waals surface area contributed by atoms with Gasteiger partial charge in [0, 0.05) is 6.54 Å². The number of ether oxygens (including phenoxy) is 5. The predicted octanol–water partition coefficient (Wildman–Crippen LogP) is 2.77. The molecule has 0 saturated heterocycles. The van der Waals surface area contributed by atoms with Crippen LogP contribution >= 0.6 is 0 Å². The summed E-state index contributed by atoms with van der Waals surface area (Å²) in [6, 6.07) is 9.32. The van der Waals surface area contributed by atoms with Crippen LogP contribution in [0, 0.1) is 6.92 Å². The molecule has 0 aliphatic carbocycles. The number of carbonyl (C=O) groups is 1. The Morgan fingerprint density at radius 1 is 0.857 bits per heavy atom. The van der Waals surface area contributed by atoms with Gasteiger partial charge in [0.25, 0.3) is 5.91 Å². The molecule has 0 spiro atoms. The summed E-state index contributed by atoms with van der Waals surface area (Å²) >= 11 is 0. The van der Waals surface area contributed by atoms with Crippen LogP contribution in [-0.2, 0) is 11.2 Å². The molecule has 2 aromatic carbocycles. The van der Waals surface area contributed by atoms with Gasteiger partial charge in [-0.1, -0.05) is 6.07 Å². The van der Waals surface area contributed by atoms with E-state index in [9.17, 15) is 4.79 Å². The largest absolute Gasteiger partial charge is 0.493 e. The average molecular weight is 389 g/mol. The first kappa shape index (κ1) is 21.2. The molecule has 0 fully saturated rings. The first-order valence-electron chi connectivity index (χ1n) is 8.85. The molecule has 0 aromatic heterocycles. The fraction of sp³-hybridized carbons (Fsp3) is 0.381. The van der Waals surface area contributed by atoms with E-state index in [0.717, 1.165) is 11.1 Å². The van der Waals surface area contributed by atoms with Gasteiger partial charge >= 0.3 is 0 Å². The molecule has 0 aliphatic heterocycles. The molecular formula is C21H27NO6. The van der Waals surface area contributed by atoms with Crippen molar-refractivity contribution < 1.29 is 28.5 Å². The monoisotopic (exact) mass is 389 g/mol. The number of methoxy groups -OCH3 is 4. The van der Waals surface area contributed by atoms with Crippen LogP contribution in [0.1, 0.15) is 11.1 Å². The molecule has 0 bridgehead atoms. The number of nitrogens with one attached hydrogen (secondary N) is 1. The van der Waals surface area contributed by atoms with Crippen LogP contribution in [0.3, 0.4) is 0 Å². The molecule has 7 nitrogen and oxygen atoms in total. The van der Waals surface area contributed by atoms with E-state index in [-0.39, 0.29) is 12.5 Å². The lowest BCUT2D eigenvalue weighted by Gasteiger charge is -2.15. The molecule has 2 rings (SSSR count). The highest BCUT2D eigenvalue weighted by atomic mass is 16.5. The number of carbonyl (C=O) groups excluding carboxylic acids is 1. The zero-order valence-electron chi connectivity index (χ0n) is 17.0. The summed E-state index contributed by atoms with van der Waals surface area (Å²) in [5, 5.41) is 2.84. The molecule has 28 heavy (non-hydrogen) atoms. The number of aryl methyl sites for hydroxylation is 1. The van der Waals surface area contributed by atoms with Crippen molar-refractivity contribution in [1.29, 1.82) is 0 Å². The summed E-state index contributed by atoms with van der Waals surface area (Å²) in [5.74, 6) is 2.55. The van der Waals surface area contributed by atoms with Gasteiger partial charge in [-0.3, -0.25) is 4.79 Å². The van der Waals surface area contributed by atoms with Gasteiger partial charge in [-0.25, -0.2) is 0 Å².